The highest BCUT2D eigenvalue weighted by Crippen LogP contribution is 2.22. The summed E-state index contributed by atoms with van der Waals surface area (Å²) in [7, 11) is 1.84. The Kier molecular flexibility index (Phi) is 3.60. The molecule has 1 fully saturated rings. The third-order valence-electron chi connectivity index (χ3n) is 3.46. The number of ether oxygens (including phenoxy) is 1. The van der Waals surface area contributed by atoms with Gasteiger partial charge in [-0.2, -0.15) is 0 Å². The van der Waals surface area contributed by atoms with Crippen LogP contribution in [0.5, 0.6) is 0 Å². The van der Waals surface area contributed by atoms with Gasteiger partial charge in [-0.05, 0) is 25.7 Å². The molecule has 0 heterocycles. The topological polar surface area (TPSA) is 21.3 Å². The number of nitrogens with one attached hydrogen (secondary N) is 1. The molecule has 0 spiro atoms. The minimum atomic E-state index is 0.448. The Morgan fingerprint density at radius 1 is 1.14 bits per heavy atom. The van der Waals surface area contributed by atoms with Crippen molar-refractivity contribution in [1.82, 2.24) is 5.32 Å². The summed E-state index contributed by atoms with van der Waals surface area (Å²) in [4.78, 5) is 0. The van der Waals surface area contributed by atoms with Gasteiger partial charge in [0, 0.05) is 19.2 Å². The summed E-state index contributed by atoms with van der Waals surface area (Å²) in [5.74, 6) is 0. The van der Waals surface area contributed by atoms with Gasteiger partial charge in [0.05, 0.1) is 6.10 Å². The third-order valence-corrected chi connectivity index (χ3v) is 3.46. The van der Waals surface area contributed by atoms with Crippen molar-refractivity contribution in [2.24, 2.45) is 0 Å². The molecule has 0 aromatic heterocycles. The van der Waals surface area contributed by atoms with Gasteiger partial charge in [0.25, 0.3) is 0 Å². The van der Waals surface area contributed by atoms with Crippen molar-refractivity contribution in [1.29, 1.82) is 0 Å². The molecule has 1 N–H and O–H groups in total. The molecule has 2 nitrogen and oxygen atoms in total. The first-order valence-electron chi connectivity index (χ1n) is 5.84. The van der Waals surface area contributed by atoms with Crippen molar-refractivity contribution in [3.8, 4) is 0 Å². The molecule has 80 valence electrons. The van der Waals surface area contributed by atoms with E-state index in [0.29, 0.717) is 18.2 Å². The summed E-state index contributed by atoms with van der Waals surface area (Å²) in [6, 6.07) is 1.27. The highest BCUT2D eigenvalue weighted by Gasteiger charge is 2.26. The molecule has 2 heteroatoms. The van der Waals surface area contributed by atoms with Crippen LogP contribution in [0.3, 0.4) is 0 Å². The second-order valence-electron chi connectivity index (χ2n) is 4.47. The van der Waals surface area contributed by atoms with Crippen LogP contribution in [0.4, 0.5) is 0 Å². The lowest BCUT2D eigenvalue weighted by Crippen LogP contribution is -2.47. The van der Waals surface area contributed by atoms with E-state index in [-0.39, 0.29) is 0 Å². The Hall–Kier alpha value is -0.340. The zero-order chi connectivity index (χ0) is 9.80. The molecule has 0 aromatic rings. The first kappa shape index (κ1) is 10.2. The zero-order valence-electron chi connectivity index (χ0n) is 9.04. The van der Waals surface area contributed by atoms with Gasteiger partial charge in [-0.25, -0.2) is 0 Å². The van der Waals surface area contributed by atoms with Gasteiger partial charge in [0.15, 0.2) is 0 Å². The lowest BCUT2D eigenvalue weighted by atomic mass is 9.91. The summed E-state index contributed by atoms with van der Waals surface area (Å²) in [5, 5.41) is 3.73. The van der Waals surface area contributed by atoms with Crippen molar-refractivity contribution in [3.05, 3.63) is 12.2 Å². The normalized spacial score (nSPS) is 33.8. The van der Waals surface area contributed by atoms with Gasteiger partial charge < -0.3 is 10.1 Å². The molecule has 0 amide bonds. The second kappa shape index (κ2) is 4.94. The Morgan fingerprint density at radius 3 is 2.57 bits per heavy atom. The highest BCUT2D eigenvalue weighted by molar-refractivity contribution is 4.99. The van der Waals surface area contributed by atoms with E-state index in [0.717, 1.165) is 0 Å². The summed E-state index contributed by atoms with van der Waals surface area (Å²) < 4.78 is 5.53. The van der Waals surface area contributed by atoms with Gasteiger partial charge in [0.1, 0.15) is 0 Å². The Bertz CT molecular complexity index is 194. The van der Waals surface area contributed by atoms with Gasteiger partial charge in [0.2, 0.25) is 0 Å². The monoisotopic (exact) mass is 195 g/mol. The Morgan fingerprint density at radius 2 is 1.86 bits per heavy atom. The smallest absolute Gasteiger partial charge is 0.0724 e. The fraction of sp³-hybridized carbons (Fsp3) is 0.833. The maximum atomic E-state index is 5.53. The van der Waals surface area contributed by atoms with E-state index in [1.54, 1.807) is 0 Å². The van der Waals surface area contributed by atoms with E-state index in [1.165, 1.54) is 38.5 Å². The zero-order valence-corrected chi connectivity index (χ0v) is 9.04. The molecular formula is C12H21NO. The maximum Gasteiger partial charge on any atom is 0.0724 e. The average Bonchev–Trinajstić information content (AvgIpc) is 2.71. The van der Waals surface area contributed by atoms with E-state index in [2.05, 4.69) is 17.5 Å². The summed E-state index contributed by atoms with van der Waals surface area (Å²) in [6.07, 6.45) is 12.6. The minimum absolute atomic E-state index is 0.448. The molecule has 14 heavy (non-hydrogen) atoms. The number of hydrogen-bond donors (Lipinski definition) is 1. The molecule has 1 saturated carbocycles. The molecule has 0 bridgehead atoms. The molecule has 2 aliphatic rings. The van der Waals surface area contributed by atoms with Crippen LogP contribution in [0.25, 0.3) is 0 Å². The molecular weight excluding hydrogens is 174 g/mol. The van der Waals surface area contributed by atoms with Gasteiger partial charge in [-0.1, -0.05) is 25.0 Å². The SMILES string of the molecule is COC1CCCCC1NC1CC=CC1. The molecule has 0 saturated heterocycles. The molecule has 2 aliphatic carbocycles. The highest BCUT2D eigenvalue weighted by atomic mass is 16.5. The van der Waals surface area contributed by atoms with E-state index in [4.69, 9.17) is 4.74 Å². The number of hydrogen-bond acceptors (Lipinski definition) is 2. The van der Waals surface area contributed by atoms with E-state index in [1.807, 2.05) is 7.11 Å². The van der Waals surface area contributed by atoms with Crippen molar-refractivity contribution >= 4 is 0 Å². The van der Waals surface area contributed by atoms with Crippen LogP contribution >= 0.6 is 0 Å². The summed E-state index contributed by atoms with van der Waals surface area (Å²) in [6.45, 7) is 0. The van der Waals surface area contributed by atoms with Crippen LogP contribution in [0.2, 0.25) is 0 Å². The average molecular weight is 195 g/mol. The standard InChI is InChI=1S/C12H21NO/c1-14-12-9-5-4-8-11(12)13-10-6-2-3-7-10/h2-3,10-13H,4-9H2,1H3. The van der Waals surface area contributed by atoms with Crippen LogP contribution in [0.15, 0.2) is 12.2 Å². The van der Waals surface area contributed by atoms with Crippen LogP contribution in [-0.4, -0.2) is 25.3 Å². The molecule has 2 rings (SSSR count). The van der Waals surface area contributed by atoms with Gasteiger partial charge >= 0.3 is 0 Å². The number of methoxy groups -OCH3 is 1. The predicted octanol–water partition coefficient (Wildman–Crippen LogP) is 2.25. The fourth-order valence-corrected chi connectivity index (χ4v) is 2.63. The quantitative estimate of drug-likeness (QED) is 0.697. The Balaban J connectivity index is 1.81. The van der Waals surface area contributed by atoms with Gasteiger partial charge in [-0.15, -0.1) is 0 Å². The van der Waals surface area contributed by atoms with E-state index < -0.39 is 0 Å². The maximum absolute atomic E-state index is 5.53. The molecule has 2 atom stereocenters. The van der Waals surface area contributed by atoms with Crippen molar-refractivity contribution in [2.75, 3.05) is 7.11 Å². The third kappa shape index (κ3) is 2.37. The van der Waals surface area contributed by atoms with Crippen LogP contribution < -0.4 is 5.32 Å². The van der Waals surface area contributed by atoms with E-state index in [9.17, 15) is 0 Å². The van der Waals surface area contributed by atoms with Crippen molar-refractivity contribution in [3.63, 3.8) is 0 Å². The van der Waals surface area contributed by atoms with Crippen LogP contribution in [-0.2, 0) is 4.74 Å². The van der Waals surface area contributed by atoms with Crippen LogP contribution in [0.1, 0.15) is 38.5 Å². The fourth-order valence-electron chi connectivity index (χ4n) is 2.63. The lowest BCUT2D eigenvalue weighted by Gasteiger charge is -2.33. The van der Waals surface area contributed by atoms with E-state index >= 15 is 0 Å². The molecule has 0 aromatic carbocycles. The number of rotatable bonds is 3. The Labute approximate surface area is 86.7 Å². The molecule has 0 radical (unpaired) electrons. The van der Waals surface area contributed by atoms with Gasteiger partial charge in [-0.3, -0.25) is 0 Å². The van der Waals surface area contributed by atoms with Crippen molar-refractivity contribution < 1.29 is 4.74 Å². The minimum Gasteiger partial charge on any atom is -0.380 e. The second-order valence-corrected chi connectivity index (χ2v) is 4.47. The summed E-state index contributed by atoms with van der Waals surface area (Å²) >= 11 is 0. The van der Waals surface area contributed by atoms with Crippen molar-refractivity contribution in [2.45, 2.75) is 56.7 Å². The first-order valence-corrected chi connectivity index (χ1v) is 5.84. The largest absolute Gasteiger partial charge is 0.380 e. The molecule has 0 aliphatic heterocycles. The van der Waals surface area contributed by atoms with Crippen LogP contribution in [0, 0.1) is 0 Å². The predicted molar refractivity (Wildman–Crippen MR) is 58.4 cm³/mol. The summed E-state index contributed by atoms with van der Waals surface area (Å²) in [5.41, 5.74) is 0. The lowest BCUT2D eigenvalue weighted by molar-refractivity contribution is 0.0382. The molecule has 2 unspecified atom stereocenters. The first-order chi connectivity index (χ1) is 6.90.